The summed E-state index contributed by atoms with van der Waals surface area (Å²) in [5.41, 5.74) is 3.01. The number of benzene rings is 1. The van der Waals surface area contributed by atoms with Crippen LogP contribution in [0, 0.1) is 6.92 Å². The van der Waals surface area contributed by atoms with E-state index in [0.717, 1.165) is 18.4 Å². The standard InChI is InChI=1S/C14H14OS/c1-10-13(6-7-16-10)14(15)8-11-4-2-3-5-12(11)9-14/h2-7,15H,8-9H2,1H3. The van der Waals surface area contributed by atoms with Gasteiger partial charge in [0.25, 0.3) is 0 Å². The highest BCUT2D eigenvalue weighted by Crippen LogP contribution is 2.40. The lowest BCUT2D eigenvalue weighted by Gasteiger charge is -2.22. The predicted molar refractivity (Wildman–Crippen MR) is 66.8 cm³/mol. The molecular formula is C14H14OS. The van der Waals surface area contributed by atoms with Gasteiger partial charge in [-0.15, -0.1) is 11.3 Å². The number of aliphatic hydroxyl groups is 1. The summed E-state index contributed by atoms with van der Waals surface area (Å²) in [6.07, 6.45) is 1.50. The van der Waals surface area contributed by atoms with Crippen molar-refractivity contribution in [1.82, 2.24) is 0 Å². The van der Waals surface area contributed by atoms with Crippen molar-refractivity contribution in [1.29, 1.82) is 0 Å². The van der Waals surface area contributed by atoms with Gasteiger partial charge < -0.3 is 5.11 Å². The van der Waals surface area contributed by atoms with Crippen LogP contribution in [0.3, 0.4) is 0 Å². The van der Waals surface area contributed by atoms with Crippen LogP contribution in [-0.2, 0) is 18.4 Å². The summed E-state index contributed by atoms with van der Waals surface area (Å²) < 4.78 is 0. The minimum atomic E-state index is -0.673. The Morgan fingerprint density at radius 3 is 2.25 bits per heavy atom. The number of rotatable bonds is 1. The molecule has 0 bridgehead atoms. The highest BCUT2D eigenvalue weighted by atomic mass is 32.1. The topological polar surface area (TPSA) is 20.2 Å². The summed E-state index contributed by atoms with van der Waals surface area (Å²) in [4.78, 5) is 1.23. The summed E-state index contributed by atoms with van der Waals surface area (Å²) >= 11 is 1.71. The molecule has 1 aliphatic rings. The second-order valence-corrected chi connectivity index (χ2v) is 5.66. The summed E-state index contributed by atoms with van der Waals surface area (Å²) in [5.74, 6) is 0. The molecule has 1 aliphatic carbocycles. The van der Waals surface area contributed by atoms with Crippen LogP contribution < -0.4 is 0 Å². The molecule has 0 spiro atoms. The summed E-state index contributed by atoms with van der Waals surface area (Å²) in [6.45, 7) is 2.08. The maximum absolute atomic E-state index is 10.8. The Morgan fingerprint density at radius 2 is 1.75 bits per heavy atom. The molecule has 82 valence electrons. The Morgan fingerprint density at radius 1 is 1.12 bits per heavy atom. The number of hydrogen-bond donors (Lipinski definition) is 1. The number of aryl methyl sites for hydroxylation is 1. The summed E-state index contributed by atoms with van der Waals surface area (Å²) in [7, 11) is 0. The lowest BCUT2D eigenvalue weighted by atomic mass is 9.91. The molecular weight excluding hydrogens is 216 g/mol. The van der Waals surface area contributed by atoms with Gasteiger partial charge in [-0.05, 0) is 35.1 Å². The van der Waals surface area contributed by atoms with Gasteiger partial charge in [0.05, 0.1) is 5.60 Å². The van der Waals surface area contributed by atoms with E-state index < -0.39 is 5.60 Å². The molecule has 1 aromatic heterocycles. The minimum absolute atomic E-state index is 0.673. The molecule has 2 heteroatoms. The van der Waals surface area contributed by atoms with Crippen molar-refractivity contribution < 1.29 is 5.11 Å². The molecule has 1 nitrogen and oxygen atoms in total. The van der Waals surface area contributed by atoms with Gasteiger partial charge in [-0.2, -0.15) is 0 Å². The highest BCUT2D eigenvalue weighted by Gasteiger charge is 2.37. The van der Waals surface area contributed by atoms with E-state index in [4.69, 9.17) is 0 Å². The van der Waals surface area contributed by atoms with E-state index in [9.17, 15) is 5.11 Å². The largest absolute Gasteiger partial charge is 0.384 e. The Bertz CT molecular complexity index is 502. The Kier molecular flexibility index (Phi) is 2.16. The van der Waals surface area contributed by atoms with Gasteiger partial charge >= 0.3 is 0 Å². The fourth-order valence-electron chi connectivity index (χ4n) is 2.65. The summed E-state index contributed by atoms with van der Waals surface area (Å²) in [6, 6.07) is 10.4. The van der Waals surface area contributed by atoms with Crippen molar-refractivity contribution in [2.45, 2.75) is 25.4 Å². The Balaban J connectivity index is 2.04. The Hall–Kier alpha value is -1.12. The van der Waals surface area contributed by atoms with Gasteiger partial charge in [-0.25, -0.2) is 0 Å². The average molecular weight is 230 g/mol. The molecule has 0 saturated heterocycles. The van der Waals surface area contributed by atoms with E-state index in [2.05, 4.69) is 30.5 Å². The predicted octanol–water partition coefficient (Wildman–Crippen LogP) is 3.04. The van der Waals surface area contributed by atoms with Crippen LogP contribution in [0.1, 0.15) is 21.6 Å². The molecule has 0 atom stereocenters. The van der Waals surface area contributed by atoms with E-state index in [1.807, 2.05) is 12.1 Å². The van der Waals surface area contributed by atoms with Gasteiger partial charge in [0.2, 0.25) is 0 Å². The quantitative estimate of drug-likeness (QED) is 0.798. The van der Waals surface area contributed by atoms with E-state index in [1.165, 1.54) is 16.0 Å². The van der Waals surface area contributed by atoms with E-state index in [1.54, 1.807) is 11.3 Å². The number of thiophene rings is 1. The van der Waals surface area contributed by atoms with Gasteiger partial charge in [-0.1, -0.05) is 24.3 Å². The van der Waals surface area contributed by atoms with Crippen LogP contribution in [0.25, 0.3) is 0 Å². The van der Waals surface area contributed by atoms with Crippen LogP contribution in [0.15, 0.2) is 35.7 Å². The fourth-order valence-corrected chi connectivity index (χ4v) is 3.45. The molecule has 0 amide bonds. The second kappa shape index (κ2) is 3.44. The third kappa shape index (κ3) is 1.41. The highest BCUT2D eigenvalue weighted by molar-refractivity contribution is 7.10. The molecule has 0 radical (unpaired) electrons. The molecule has 1 heterocycles. The van der Waals surface area contributed by atoms with Crippen molar-refractivity contribution >= 4 is 11.3 Å². The maximum Gasteiger partial charge on any atom is 0.0987 e. The first kappa shape index (κ1) is 10.1. The molecule has 0 fully saturated rings. The van der Waals surface area contributed by atoms with Gasteiger partial charge in [0.1, 0.15) is 0 Å². The molecule has 16 heavy (non-hydrogen) atoms. The maximum atomic E-state index is 10.8. The average Bonchev–Trinajstić information content (AvgIpc) is 2.81. The minimum Gasteiger partial charge on any atom is -0.384 e. The molecule has 3 rings (SSSR count). The third-order valence-electron chi connectivity index (χ3n) is 3.44. The second-order valence-electron chi connectivity index (χ2n) is 4.54. The molecule has 1 aromatic carbocycles. The van der Waals surface area contributed by atoms with Gasteiger partial charge in [-0.3, -0.25) is 0 Å². The zero-order valence-electron chi connectivity index (χ0n) is 9.23. The van der Waals surface area contributed by atoms with Crippen LogP contribution >= 0.6 is 11.3 Å². The van der Waals surface area contributed by atoms with Crippen LogP contribution in [0.4, 0.5) is 0 Å². The lowest BCUT2D eigenvalue weighted by Crippen LogP contribution is -2.26. The first-order valence-electron chi connectivity index (χ1n) is 5.53. The van der Waals surface area contributed by atoms with Crippen molar-refractivity contribution in [3.05, 3.63) is 57.3 Å². The van der Waals surface area contributed by atoms with Crippen LogP contribution in [0.5, 0.6) is 0 Å². The van der Waals surface area contributed by atoms with Crippen molar-refractivity contribution in [2.75, 3.05) is 0 Å². The number of fused-ring (bicyclic) bond motifs is 1. The summed E-state index contributed by atoms with van der Waals surface area (Å²) in [5, 5.41) is 12.8. The van der Waals surface area contributed by atoms with Gasteiger partial charge in [0.15, 0.2) is 0 Å². The number of hydrogen-bond acceptors (Lipinski definition) is 2. The van der Waals surface area contributed by atoms with Crippen molar-refractivity contribution in [3.8, 4) is 0 Å². The normalized spacial score (nSPS) is 17.4. The first-order valence-corrected chi connectivity index (χ1v) is 6.41. The third-order valence-corrected chi connectivity index (χ3v) is 4.29. The Labute approximate surface area is 99.4 Å². The van der Waals surface area contributed by atoms with Crippen molar-refractivity contribution in [3.63, 3.8) is 0 Å². The van der Waals surface area contributed by atoms with Gasteiger partial charge in [0, 0.05) is 17.7 Å². The molecule has 2 aromatic rings. The van der Waals surface area contributed by atoms with Crippen molar-refractivity contribution in [2.24, 2.45) is 0 Å². The molecule has 0 unspecified atom stereocenters. The van der Waals surface area contributed by atoms with Crippen LogP contribution in [-0.4, -0.2) is 5.11 Å². The smallest absolute Gasteiger partial charge is 0.0987 e. The zero-order valence-corrected chi connectivity index (χ0v) is 10.1. The first-order chi connectivity index (χ1) is 7.69. The zero-order chi connectivity index (χ0) is 11.2. The lowest BCUT2D eigenvalue weighted by molar-refractivity contribution is 0.0481. The van der Waals surface area contributed by atoms with E-state index in [-0.39, 0.29) is 0 Å². The van der Waals surface area contributed by atoms with Crippen LogP contribution in [0.2, 0.25) is 0 Å². The molecule has 0 saturated carbocycles. The SMILES string of the molecule is Cc1sccc1C1(O)Cc2ccccc2C1. The molecule has 0 aliphatic heterocycles. The molecule has 1 N–H and O–H groups in total. The van der Waals surface area contributed by atoms with E-state index in [0.29, 0.717) is 0 Å². The van der Waals surface area contributed by atoms with E-state index >= 15 is 0 Å². The monoisotopic (exact) mass is 230 g/mol. The fraction of sp³-hybridized carbons (Fsp3) is 0.286.